The van der Waals surface area contributed by atoms with E-state index in [4.69, 9.17) is 10.5 Å². The van der Waals surface area contributed by atoms with Crippen molar-refractivity contribution in [2.24, 2.45) is 5.92 Å². The summed E-state index contributed by atoms with van der Waals surface area (Å²) in [5.41, 5.74) is 4.80. The van der Waals surface area contributed by atoms with Crippen LogP contribution in [0.1, 0.15) is 99.8 Å². The average Bonchev–Trinajstić information content (AvgIpc) is 3.36. The number of piperidine rings is 1. The fourth-order valence-electron chi connectivity index (χ4n) is 6.89. The third-order valence-electron chi connectivity index (χ3n) is 9.66. The summed E-state index contributed by atoms with van der Waals surface area (Å²) < 4.78 is 2.09. The SMILES string of the molecule is BC(C)(O)c1ccc2c(c1)C(=C)N1CCCCC1c1cc(CC3CCC3)n(n1)/C(=C\C=N)N(C(B)(C)C)CCNC(=O)CC2. The maximum absolute atomic E-state index is 13.1. The lowest BCUT2D eigenvalue weighted by Gasteiger charge is -2.40. The lowest BCUT2D eigenvalue weighted by molar-refractivity contribution is -0.121. The van der Waals surface area contributed by atoms with Gasteiger partial charge in [0.25, 0.3) is 0 Å². The lowest BCUT2D eigenvalue weighted by Crippen LogP contribution is -2.48. The number of nitrogens with one attached hydrogen (secondary N) is 2. The highest BCUT2D eigenvalue weighted by Gasteiger charge is 2.33. The standard InChI is InChI=1S/C34H50B2N6O2/c1-23-28-21-26(34(4,36)44)13-11-25(28)12-14-31(43)38-17-19-41(33(2,3)35)32(15-16-37)42-27(20-24-8-7-9-24)22-29(39-42)30-10-5-6-18-40(23)30/h11,13,15-16,21-22,24,30,37,44H,1,5-10,12,14,17-20,35-36H2,2-4H3,(H,38,43)/b32-15-,37-16?. The molecule has 44 heavy (non-hydrogen) atoms. The first-order chi connectivity index (χ1) is 20.9. The van der Waals surface area contributed by atoms with Crippen LogP contribution in [0.15, 0.2) is 36.9 Å². The number of nitrogens with zero attached hydrogens (tertiary/aromatic N) is 4. The Morgan fingerprint density at radius 1 is 1.11 bits per heavy atom. The summed E-state index contributed by atoms with van der Waals surface area (Å²) >= 11 is 0. The largest absolute Gasteiger partial charge is 0.395 e. The zero-order valence-corrected chi connectivity index (χ0v) is 27.5. The Morgan fingerprint density at radius 3 is 2.55 bits per heavy atom. The number of carbonyl (C=O) groups excluding carboxylic acids is 1. The van der Waals surface area contributed by atoms with Gasteiger partial charge in [0.05, 0.1) is 17.2 Å². The van der Waals surface area contributed by atoms with Crippen LogP contribution in [-0.4, -0.2) is 77.6 Å². The molecule has 5 rings (SSSR count). The van der Waals surface area contributed by atoms with E-state index in [0.717, 1.165) is 66.1 Å². The van der Waals surface area contributed by atoms with E-state index in [2.05, 4.69) is 66.3 Å². The van der Waals surface area contributed by atoms with Crippen LogP contribution in [0.25, 0.3) is 11.5 Å². The topological polar surface area (TPSA) is 97.5 Å². The van der Waals surface area contributed by atoms with Gasteiger partial charge in [-0.25, -0.2) is 4.68 Å². The quantitative estimate of drug-likeness (QED) is 0.364. The molecular formula is C34H50B2N6O2. The first-order valence-electron chi connectivity index (χ1n) is 16.5. The molecule has 1 saturated carbocycles. The van der Waals surface area contributed by atoms with E-state index < -0.39 is 5.50 Å². The van der Waals surface area contributed by atoms with E-state index in [9.17, 15) is 9.90 Å². The smallest absolute Gasteiger partial charge is 0.220 e. The van der Waals surface area contributed by atoms with Crippen molar-refractivity contribution in [2.45, 2.75) is 95.5 Å². The first-order valence-corrected chi connectivity index (χ1v) is 16.5. The number of aryl methyl sites for hydroxylation is 1. The number of aliphatic hydroxyl groups is 1. The van der Waals surface area contributed by atoms with Crippen molar-refractivity contribution >= 4 is 39.3 Å². The zero-order chi connectivity index (χ0) is 31.6. The highest BCUT2D eigenvalue weighted by molar-refractivity contribution is 6.15. The number of hydrogen-bond donors (Lipinski definition) is 3. The van der Waals surface area contributed by atoms with Gasteiger partial charge in [-0.15, -0.1) is 0 Å². The first kappa shape index (κ1) is 32.1. The van der Waals surface area contributed by atoms with Gasteiger partial charge in [0.15, 0.2) is 0 Å². The molecule has 1 aliphatic carbocycles. The molecule has 3 heterocycles. The number of allylic oxidation sites excluding steroid dienone is 1. The van der Waals surface area contributed by atoms with Crippen molar-refractivity contribution in [3.63, 3.8) is 0 Å². The third kappa shape index (κ3) is 7.01. The number of benzene rings is 1. The minimum Gasteiger partial charge on any atom is -0.395 e. The minimum atomic E-state index is -0.991. The molecule has 10 heteroatoms. The molecular weight excluding hydrogens is 546 g/mol. The fraction of sp³-hybridized carbons (Fsp3) is 0.559. The second-order valence-corrected chi connectivity index (χ2v) is 14.4. The molecule has 0 spiro atoms. The van der Waals surface area contributed by atoms with Crippen LogP contribution < -0.4 is 5.32 Å². The van der Waals surface area contributed by atoms with Crippen LogP contribution >= 0.6 is 0 Å². The van der Waals surface area contributed by atoms with Gasteiger partial charge in [-0.05, 0) is 88.1 Å². The molecule has 2 bridgehead atoms. The number of amides is 1. The van der Waals surface area contributed by atoms with Gasteiger partial charge in [0, 0.05) is 54.7 Å². The van der Waals surface area contributed by atoms with Crippen molar-refractivity contribution in [1.82, 2.24) is 24.9 Å². The molecule has 234 valence electrons. The second kappa shape index (κ2) is 13.0. The summed E-state index contributed by atoms with van der Waals surface area (Å²) in [5, 5.41) is 27.5. The molecule has 3 N–H and O–H groups in total. The monoisotopic (exact) mass is 596 g/mol. The van der Waals surface area contributed by atoms with E-state index in [-0.39, 0.29) is 17.4 Å². The molecule has 0 radical (unpaired) electrons. The Kier molecular flexibility index (Phi) is 9.49. The van der Waals surface area contributed by atoms with E-state index >= 15 is 0 Å². The molecule has 1 amide bonds. The van der Waals surface area contributed by atoms with Crippen LogP contribution in [0.3, 0.4) is 0 Å². The van der Waals surface area contributed by atoms with Crippen molar-refractivity contribution in [3.05, 3.63) is 65.0 Å². The van der Waals surface area contributed by atoms with Gasteiger partial charge < -0.3 is 25.6 Å². The van der Waals surface area contributed by atoms with Gasteiger partial charge in [0.1, 0.15) is 21.5 Å². The summed E-state index contributed by atoms with van der Waals surface area (Å²) in [5.74, 6) is 1.53. The normalized spacial score (nSPS) is 22.9. The van der Waals surface area contributed by atoms with E-state index in [1.807, 2.05) is 12.1 Å². The number of fused-ring (bicyclic) bond motifs is 5. The molecule has 2 unspecified atom stereocenters. The van der Waals surface area contributed by atoms with Gasteiger partial charge in [-0.1, -0.05) is 38.0 Å². The predicted octanol–water partition coefficient (Wildman–Crippen LogP) is 3.40. The van der Waals surface area contributed by atoms with Crippen LogP contribution in [-0.2, 0) is 23.1 Å². The summed E-state index contributed by atoms with van der Waals surface area (Å²) in [6, 6.07) is 8.47. The molecule has 2 aromatic rings. The molecule has 2 fully saturated rings. The van der Waals surface area contributed by atoms with Crippen molar-refractivity contribution in [2.75, 3.05) is 19.6 Å². The van der Waals surface area contributed by atoms with Gasteiger partial charge >= 0.3 is 0 Å². The highest BCUT2D eigenvalue weighted by atomic mass is 16.3. The number of aromatic nitrogens is 2. The third-order valence-corrected chi connectivity index (χ3v) is 9.66. The highest BCUT2D eigenvalue weighted by Crippen LogP contribution is 2.40. The predicted molar refractivity (Wildman–Crippen MR) is 184 cm³/mol. The van der Waals surface area contributed by atoms with Crippen molar-refractivity contribution < 1.29 is 9.90 Å². The molecule has 8 nitrogen and oxygen atoms in total. The van der Waals surface area contributed by atoms with Crippen molar-refractivity contribution in [3.8, 4) is 0 Å². The van der Waals surface area contributed by atoms with Crippen LogP contribution in [0.4, 0.5) is 0 Å². The Labute approximate surface area is 265 Å². The second-order valence-electron chi connectivity index (χ2n) is 14.4. The maximum Gasteiger partial charge on any atom is 0.220 e. The van der Waals surface area contributed by atoms with E-state index in [1.54, 1.807) is 14.8 Å². The summed E-state index contributed by atoms with van der Waals surface area (Å²) in [7, 11) is 3.98. The number of hydrogen-bond acceptors (Lipinski definition) is 6. The molecule has 2 atom stereocenters. The molecule has 2 aliphatic heterocycles. The molecule has 1 aromatic carbocycles. The zero-order valence-electron chi connectivity index (χ0n) is 27.5. The van der Waals surface area contributed by atoms with Gasteiger partial charge in [-0.2, -0.15) is 5.10 Å². The van der Waals surface area contributed by atoms with Crippen LogP contribution in [0.2, 0.25) is 0 Å². The molecule has 1 aromatic heterocycles. The van der Waals surface area contributed by atoms with Crippen molar-refractivity contribution in [1.29, 1.82) is 5.41 Å². The number of carbonyl (C=O) groups is 1. The number of rotatable bonds is 5. The lowest BCUT2D eigenvalue weighted by atomic mass is 9.76. The minimum absolute atomic E-state index is 0.00885. The van der Waals surface area contributed by atoms with E-state index in [0.29, 0.717) is 31.8 Å². The molecule has 3 aliphatic rings. The Morgan fingerprint density at radius 2 is 1.89 bits per heavy atom. The maximum atomic E-state index is 13.1. The van der Waals surface area contributed by atoms with Crippen LogP contribution in [0, 0.1) is 11.3 Å². The Balaban J connectivity index is 1.65. The average molecular weight is 596 g/mol. The Hall–Kier alpha value is -3.26. The fourth-order valence-corrected chi connectivity index (χ4v) is 6.89. The summed E-state index contributed by atoms with van der Waals surface area (Å²) in [6.07, 6.45) is 12.1. The summed E-state index contributed by atoms with van der Waals surface area (Å²) in [4.78, 5) is 17.8. The van der Waals surface area contributed by atoms with Gasteiger partial charge in [-0.3, -0.25) is 4.79 Å². The van der Waals surface area contributed by atoms with E-state index in [1.165, 1.54) is 31.2 Å². The molecule has 1 saturated heterocycles. The van der Waals surface area contributed by atoms with Gasteiger partial charge in [0.2, 0.25) is 5.91 Å². The Bertz CT molecular complexity index is 1420. The summed E-state index contributed by atoms with van der Waals surface area (Å²) in [6.45, 7) is 12.8. The van der Waals surface area contributed by atoms with Crippen LogP contribution in [0.5, 0.6) is 0 Å².